The smallest absolute Gasteiger partial charge is 0.318 e. The van der Waals surface area contributed by atoms with Crippen molar-refractivity contribution in [2.45, 2.75) is 64.5 Å². The van der Waals surface area contributed by atoms with E-state index in [1.165, 1.54) is 23.1 Å². The highest BCUT2D eigenvalue weighted by Crippen LogP contribution is 2.40. The molecule has 0 spiro atoms. The van der Waals surface area contributed by atoms with Crippen LogP contribution in [-0.4, -0.2) is 64.6 Å². The molecule has 0 aliphatic carbocycles. The molecule has 40 heavy (non-hydrogen) atoms. The number of likely N-dealkylation sites (tertiary alicyclic amines) is 1. The molecule has 0 bridgehead atoms. The highest BCUT2D eigenvalue weighted by molar-refractivity contribution is 6.16. The minimum Gasteiger partial charge on any atom is -0.508 e. The molecule has 3 aromatic rings. The largest absolute Gasteiger partial charge is 0.508 e. The van der Waals surface area contributed by atoms with E-state index in [2.05, 4.69) is 34.2 Å². The predicted octanol–water partition coefficient (Wildman–Crippen LogP) is 5.52. The van der Waals surface area contributed by atoms with E-state index >= 15 is 0 Å². The van der Waals surface area contributed by atoms with Crippen LogP contribution >= 0.6 is 0 Å². The lowest BCUT2D eigenvalue weighted by Gasteiger charge is -2.35. The normalized spacial score (nSPS) is 19.2. The van der Waals surface area contributed by atoms with Crippen molar-refractivity contribution in [3.8, 4) is 11.8 Å². The van der Waals surface area contributed by atoms with Crippen LogP contribution in [0.2, 0.25) is 0 Å². The van der Waals surface area contributed by atoms with E-state index in [0.717, 1.165) is 32.2 Å². The number of anilines is 2. The van der Waals surface area contributed by atoms with Crippen molar-refractivity contribution in [2.75, 3.05) is 37.0 Å². The third kappa shape index (κ3) is 5.02. The number of amides is 1. The molecule has 3 heterocycles. The fourth-order valence-electron chi connectivity index (χ4n) is 6.08. The third-order valence-corrected chi connectivity index (χ3v) is 8.06. The molecule has 1 fully saturated rings. The first kappa shape index (κ1) is 27.9. The lowest BCUT2D eigenvalue weighted by molar-refractivity contribution is 0.0825. The van der Waals surface area contributed by atoms with Crippen LogP contribution in [0, 0.1) is 5.82 Å². The first-order chi connectivity index (χ1) is 19.2. The molecule has 1 unspecified atom stereocenters. The fraction of sp³-hybridized carbons (Fsp3) is 0.483. The first-order valence-corrected chi connectivity index (χ1v) is 13.7. The Kier molecular flexibility index (Phi) is 7.76. The van der Waals surface area contributed by atoms with Crippen LogP contribution in [0.4, 0.5) is 24.7 Å². The van der Waals surface area contributed by atoms with Crippen LogP contribution < -0.4 is 15.0 Å². The summed E-state index contributed by atoms with van der Waals surface area (Å²) >= 11 is 0. The van der Waals surface area contributed by atoms with Crippen LogP contribution in [0.25, 0.3) is 10.8 Å². The van der Waals surface area contributed by atoms with Crippen molar-refractivity contribution in [3.05, 3.63) is 46.9 Å². The molecule has 0 saturated carbocycles. The van der Waals surface area contributed by atoms with E-state index in [4.69, 9.17) is 4.74 Å². The van der Waals surface area contributed by atoms with Crippen molar-refractivity contribution in [2.24, 2.45) is 0 Å². The molecule has 1 amide bonds. The van der Waals surface area contributed by atoms with Gasteiger partial charge in [0.1, 0.15) is 29.6 Å². The zero-order chi connectivity index (χ0) is 28.6. The molecule has 1 atom stereocenters. The maximum atomic E-state index is 14.8. The SMILES string of the molecule is CCCC1(COc2nc3c(c(NCC(F)F)n2)C(=O)N(c2cc(O)cc4ccc(F)c(CC)c24)C3)CCCN1C. The number of carbonyl (C=O) groups is 1. The number of fused-ring (bicyclic) bond motifs is 2. The maximum Gasteiger partial charge on any atom is 0.318 e. The van der Waals surface area contributed by atoms with Gasteiger partial charge in [-0.2, -0.15) is 9.97 Å². The summed E-state index contributed by atoms with van der Waals surface area (Å²) in [6.07, 6.45) is 1.61. The molecule has 2 aromatic carbocycles. The minimum atomic E-state index is -2.67. The van der Waals surface area contributed by atoms with Gasteiger partial charge in [-0.25, -0.2) is 13.2 Å². The molecular weight excluding hydrogens is 523 g/mol. The monoisotopic (exact) mass is 557 g/mol. The molecule has 8 nitrogen and oxygen atoms in total. The molecule has 2 N–H and O–H groups in total. The van der Waals surface area contributed by atoms with E-state index in [-0.39, 0.29) is 35.2 Å². The van der Waals surface area contributed by atoms with E-state index in [0.29, 0.717) is 40.7 Å². The van der Waals surface area contributed by atoms with Crippen molar-refractivity contribution in [3.63, 3.8) is 0 Å². The number of aryl methyl sites for hydroxylation is 1. The summed E-state index contributed by atoms with van der Waals surface area (Å²) in [5.74, 6) is -1.08. The van der Waals surface area contributed by atoms with Crippen molar-refractivity contribution < 1.29 is 27.8 Å². The van der Waals surface area contributed by atoms with Gasteiger partial charge in [0, 0.05) is 11.5 Å². The number of carbonyl (C=O) groups excluding carboxylic acids is 1. The average molecular weight is 558 g/mol. The summed E-state index contributed by atoms with van der Waals surface area (Å²) in [6.45, 7) is 4.49. The summed E-state index contributed by atoms with van der Waals surface area (Å²) in [6, 6.07) is 5.81. The number of phenolic OH excluding ortho intramolecular Hbond substituents is 1. The van der Waals surface area contributed by atoms with Crippen LogP contribution in [0.15, 0.2) is 24.3 Å². The standard InChI is InChI=1S/C29H34F3N5O3/c1-4-9-29(10-6-11-36(29)3)16-40-28-34-21-15-37(27(39)25(21)26(35-28)33-14-23(31)32)22-13-18(38)12-17-7-8-20(30)19(5-2)24(17)22/h7-8,12-13,23,38H,4-6,9-11,14-16H2,1-3H3,(H,33,34,35). The molecule has 0 radical (unpaired) electrons. The quantitative estimate of drug-likeness (QED) is 0.339. The number of nitrogens with one attached hydrogen (secondary N) is 1. The Hall–Kier alpha value is -3.60. The van der Waals surface area contributed by atoms with E-state index in [9.17, 15) is 23.1 Å². The van der Waals surface area contributed by atoms with Crippen molar-refractivity contribution >= 4 is 28.2 Å². The zero-order valence-corrected chi connectivity index (χ0v) is 22.9. The van der Waals surface area contributed by atoms with Gasteiger partial charge < -0.3 is 20.1 Å². The van der Waals surface area contributed by atoms with Gasteiger partial charge in [-0.15, -0.1) is 0 Å². The molecule has 11 heteroatoms. The Balaban J connectivity index is 1.54. The number of halogens is 3. The molecule has 2 aliphatic heterocycles. The number of rotatable bonds is 10. The molecule has 214 valence electrons. The maximum absolute atomic E-state index is 14.8. The summed E-state index contributed by atoms with van der Waals surface area (Å²) in [4.78, 5) is 26.3. The molecule has 2 aliphatic rings. The molecule has 1 aromatic heterocycles. The average Bonchev–Trinajstić information content (AvgIpc) is 3.45. The van der Waals surface area contributed by atoms with E-state index in [1.807, 2.05) is 6.92 Å². The number of hydrogen-bond acceptors (Lipinski definition) is 7. The Morgan fingerprint density at radius 3 is 2.70 bits per heavy atom. The summed E-state index contributed by atoms with van der Waals surface area (Å²) in [5.41, 5.74) is 0.911. The van der Waals surface area contributed by atoms with Crippen LogP contribution in [-0.2, 0) is 13.0 Å². The molecular formula is C29H34F3N5O3. The summed E-state index contributed by atoms with van der Waals surface area (Å²) < 4.78 is 47.2. The summed E-state index contributed by atoms with van der Waals surface area (Å²) in [5, 5.41) is 14.1. The highest BCUT2D eigenvalue weighted by Gasteiger charge is 2.40. The number of aromatic hydroxyl groups is 1. The van der Waals surface area contributed by atoms with Crippen LogP contribution in [0.3, 0.4) is 0 Å². The number of likely N-dealkylation sites (N-methyl/N-ethyl adjacent to an activating group) is 1. The minimum absolute atomic E-state index is 0.00185. The van der Waals surface area contributed by atoms with E-state index in [1.54, 1.807) is 6.07 Å². The van der Waals surface area contributed by atoms with Crippen molar-refractivity contribution in [1.29, 1.82) is 0 Å². The highest BCUT2D eigenvalue weighted by atomic mass is 19.3. The first-order valence-electron chi connectivity index (χ1n) is 13.7. The lowest BCUT2D eigenvalue weighted by Crippen LogP contribution is -2.46. The number of alkyl halides is 2. The number of nitrogens with zero attached hydrogens (tertiary/aromatic N) is 4. The molecule has 5 rings (SSSR count). The van der Waals surface area contributed by atoms with Gasteiger partial charge in [-0.05, 0) is 62.4 Å². The zero-order valence-electron chi connectivity index (χ0n) is 22.9. The van der Waals surface area contributed by atoms with Gasteiger partial charge >= 0.3 is 6.01 Å². The number of hydrogen-bond donors (Lipinski definition) is 2. The second-order valence-electron chi connectivity index (χ2n) is 10.6. The van der Waals surface area contributed by atoms with Crippen LogP contribution in [0.1, 0.15) is 61.1 Å². The van der Waals surface area contributed by atoms with Crippen LogP contribution in [0.5, 0.6) is 11.8 Å². The Morgan fingerprint density at radius 2 is 2.02 bits per heavy atom. The second-order valence-corrected chi connectivity index (χ2v) is 10.6. The predicted molar refractivity (Wildman–Crippen MR) is 147 cm³/mol. The van der Waals surface area contributed by atoms with Gasteiger partial charge in [0.05, 0.1) is 30.0 Å². The Morgan fingerprint density at radius 1 is 1.23 bits per heavy atom. The lowest BCUT2D eigenvalue weighted by atomic mass is 9.92. The Labute approximate surface area is 231 Å². The number of ether oxygens (including phenoxy) is 1. The number of benzene rings is 2. The third-order valence-electron chi connectivity index (χ3n) is 8.06. The summed E-state index contributed by atoms with van der Waals surface area (Å²) in [7, 11) is 2.06. The Bertz CT molecular complexity index is 1440. The number of phenols is 1. The number of aromatic nitrogens is 2. The van der Waals surface area contributed by atoms with E-state index < -0.39 is 24.7 Å². The molecule has 1 saturated heterocycles. The van der Waals surface area contributed by atoms with Crippen molar-refractivity contribution in [1.82, 2.24) is 14.9 Å². The van der Waals surface area contributed by atoms with Gasteiger partial charge in [0.2, 0.25) is 0 Å². The second kappa shape index (κ2) is 11.1. The van der Waals surface area contributed by atoms with Gasteiger partial charge in [-0.1, -0.05) is 26.3 Å². The van der Waals surface area contributed by atoms with Gasteiger partial charge in [0.15, 0.2) is 0 Å². The topological polar surface area (TPSA) is 90.8 Å². The van der Waals surface area contributed by atoms with Gasteiger partial charge in [-0.3, -0.25) is 9.69 Å². The fourth-order valence-corrected chi connectivity index (χ4v) is 6.08. The van der Waals surface area contributed by atoms with Gasteiger partial charge in [0.25, 0.3) is 12.3 Å².